The third-order valence-electron chi connectivity index (χ3n) is 3.39. The maximum atomic E-state index is 5.97. The van der Waals surface area contributed by atoms with Gasteiger partial charge in [0.1, 0.15) is 12.4 Å². The van der Waals surface area contributed by atoms with E-state index < -0.39 is 0 Å². The van der Waals surface area contributed by atoms with Gasteiger partial charge in [0.15, 0.2) is 0 Å². The van der Waals surface area contributed by atoms with Crippen molar-refractivity contribution in [1.29, 1.82) is 0 Å². The van der Waals surface area contributed by atoms with Gasteiger partial charge >= 0.3 is 0 Å². The van der Waals surface area contributed by atoms with E-state index in [2.05, 4.69) is 50.1 Å². The van der Waals surface area contributed by atoms with Gasteiger partial charge in [0.25, 0.3) is 0 Å². The third-order valence-corrected chi connectivity index (χ3v) is 3.39. The molecule has 0 saturated carbocycles. The molecule has 0 aliphatic heterocycles. The van der Waals surface area contributed by atoms with Crippen molar-refractivity contribution in [2.75, 3.05) is 27.2 Å². The molecule has 4 nitrogen and oxygen atoms in total. The van der Waals surface area contributed by atoms with Crippen LogP contribution in [-0.4, -0.2) is 42.7 Å². The van der Waals surface area contributed by atoms with E-state index in [1.807, 2.05) is 12.3 Å². The van der Waals surface area contributed by atoms with E-state index in [9.17, 15) is 0 Å². The van der Waals surface area contributed by atoms with Crippen molar-refractivity contribution in [2.24, 2.45) is 0 Å². The molecule has 1 heterocycles. The molecule has 0 aliphatic carbocycles. The molecule has 0 aromatic carbocycles. The predicted molar refractivity (Wildman–Crippen MR) is 79.5 cm³/mol. The van der Waals surface area contributed by atoms with Gasteiger partial charge in [0.05, 0.1) is 0 Å². The van der Waals surface area contributed by atoms with Crippen molar-refractivity contribution >= 4 is 0 Å². The lowest BCUT2D eigenvalue weighted by atomic mass is 10.1. The van der Waals surface area contributed by atoms with Crippen LogP contribution in [0.15, 0.2) is 18.5 Å². The molecule has 19 heavy (non-hydrogen) atoms. The Hall–Kier alpha value is -1.13. The fourth-order valence-corrected chi connectivity index (χ4v) is 1.47. The molecule has 108 valence electrons. The van der Waals surface area contributed by atoms with Crippen molar-refractivity contribution in [3.63, 3.8) is 0 Å². The lowest BCUT2D eigenvalue weighted by Crippen LogP contribution is -2.43. The highest BCUT2D eigenvalue weighted by Gasteiger charge is 2.21. The van der Waals surface area contributed by atoms with Gasteiger partial charge in [-0.05, 0) is 47.0 Å². The maximum Gasteiger partial charge on any atom is 0.126 e. The monoisotopic (exact) mass is 265 g/mol. The maximum absolute atomic E-state index is 5.97. The molecule has 0 fully saturated rings. The minimum absolute atomic E-state index is 0.0113. The summed E-state index contributed by atoms with van der Waals surface area (Å²) in [5, 5.41) is 3.38. The average Bonchev–Trinajstić information content (AvgIpc) is 2.38. The van der Waals surface area contributed by atoms with Gasteiger partial charge in [-0.1, -0.05) is 6.92 Å². The largest absolute Gasteiger partial charge is 0.491 e. The Balaban J connectivity index is 2.62. The van der Waals surface area contributed by atoms with Gasteiger partial charge in [-0.2, -0.15) is 0 Å². The fraction of sp³-hybridized carbons (Fsp3) is 0.667. The average molecular weight is 265 g/mol. The summed E-state index contributed by atoms with van der Waals surface area (Å²) in [6, 6.07) is 1.94. The second-order valence-corrected chi connectivity index (χ2v) is 5.66. The second kappa shape index (κ2) is 7.46. The minimum Gasteiger partial charge on any atom is -0.491 e. The number of aromatic nitrogens is 1. The Morgan fingerprint density at radius 2 is 2.11 bits per heavy atom. The first kappa shape index (κ1) is 15.9. The molecule has 1 aromatic rings. The Kier molecular flexibility index (Phi) is 6.25. The number of nitrogens with zero attached hydrogens (tertiary/aromatic N) is 2. The third kappa shape index (κ3) is 5.17. The second-order valence-electron chi connectivity index (χ2n) is 5.66. The van der Waals surface area contributed by atoms with E-state index in [0.717, 1.165) is 30.8 Å². The molecule has 0 amide bonds. The zero-order chi connectivity index (χ0) is 14.3. The van der Waals surface area contributed by atoms with Crippen LogP contribution in [0.1, 0.15) is 32.8 Å². The normalized spacial score (nSPS) is 11.9. The van der Waals surface area contributed by atoms with E-state index in [-0.39, 0.29) is 5.54 Å². The van der Waals surface area contributed by atoms with E-state index in [0.29, 0.717) is 6.61 Å². The number of hydrogen-bond donors (Lipinski definition) is 1. The van der Waals surface area contributed by atoms with Crippen LogP contribution < -0.4 is 10.1 Å². The highest BCUT2D eigenvalue weighted by Crippen LogP contribution is 2.19. The molecule has 0 atom stereocenters. The standard InChI is InChI=1S/C15H27N3O/c1-6-8-16-10-13-11-17-9-7-14(13)19-12-15(2,3)18(4)5/h7,9,11,16H,6,8,10,12H2,1-5H3. The number of rotatable bonds is 8. The number of hydrogen-bond acceptors (Lipinski definition) is 4. The lowest BCUT2D eigenvalue weighted by Gasteiger charge is -2.32. The SMILES string of the molecule is CCCNCc1cnccc1OCC(C)(C)N(C)C. The molecule has 0 aliphatic rings. The summed E-state index contributed by atoms with van der Waals surface area (Å²) in [4.78, 5) is 6.34. The first-order chi connectivity index (χ1) is 8.97. The quantitative estimate of drug-likeness (QED) is 0.732. The Morgan fingerprint density at radius 3 is 2.74 bits per heavy atom. The van der Waals surface area contributed by atoms with E-state index in [4.69, 9.17) is 4.74 Å². The van der Waals surface area contributed by atoms with Crippen molar-refractivity contribution < 1.29 is 4.74 Å². The number of likely N-dealkylation sites (N-methyl/N-ethyl adjacent to an activating group) is 1. The molecular weight excluding hydrogens is 238 g/mol. The van der Waals surface area contributed by atoms with Gasteiger partial charge in [-0.3, -0.25) is 4.98 Å². The number of pyridine rings is 1. The highest BCUT2D eigenvalue weighted by molar-refractivity contribution is 5.30. The van der Waals surface area contributed by atoms with E-state index in [1.54, 1.807) is 6.20 Å². The number of nitrogens with one attached hydrogen (secondary N) is 1. The summed E-state index contributed by atoms with van der Waals surface area (Å²) in [6.45, 7) is 8.97. The van der Waals surface area contributed by atoms with Crippen molar-refractivity contribution in [3.8, 4) is 5.75 Å². The molecule has 0 radical (unpaired) electrons. The van der Waals surface area contributed by atoms with Crippen molar-refractivity contribution in [3.05, 3.63) is 24.0 Å². The summed E-state index contributed by atoms with van der Waals surface area (Å²) in [5.41, 5.74) is 1.13. The first-order valence-corrected chi connectivity index (χ1v) is 6.91. The highest BCUT2D eigenvalue weighted by atomic mass is 16.5. The Bertz CT molecular complexity index is 377. The van der Waals surface area contributed by atoms with Crippen LogP contribution in [0.4, 0.5) is 0 Å². The van der Waals surface area contributed by atoms with Crippen LogP contribution in [-0.2, 0) is 6.54 Å². The van der Waals surface area contributed by atoms with Crippen LogP contribution in [0.5, 0.6) is 5.75 Å². The molecule has 1 N–H and O–H groups in total. The van der Waals surface area contributed by atoms with Gasteiger partial charge in [-0.15, -0.1) is 0 Å². The van der Waals surface area contributed by atoms with Gasteiger partial charge in [-0.25, -0.2) is 0 Å². The van der Waals surface area contributed by atoms with Crippen LogP contribution in [0.2, 0.25) is 0 Å². The minimum atomic E-state index is 0.0113. The zero-order valence-electron chi connectivity index (χ0n) is 12.9. The van der Waals surface area contributed by atoms with E-state index >= 15 is 0 Å². The summed E-state index contributed by atoms with van der Waals surface area (Å²) in [6.07, 6.45) is 4.78. The Labute approximate surface area is 117 Å². The summed E-state index contributed by atoms with van der Waals surface area (Å²) in [7, 11) is 4.14. The van der Waals surface area contributed by atoms with Crippen LogP contribution in [0.3, 0.4) is 0 Å². The molecule has 0 unspecified atom stereocenters. The molecule has 1 aromatic heterocycles. The van der Waals surface area contributed by atoms with Crippen LogP contribution in [0.25, 0.3) is 0 Å². The van der Waals surface area contributed by atoms with Gasteiger partial charge in [0, 0.05) is 30.0 Å². The van der Waals surface area contributed by atoms with Gasteiger partial charge in [0.2, 0.25) is 0 Å². The zero-order valence-corrected chi connectivity index (χ0v) is 12.9. The fourth-order valence-electron chi connectivity index (χ4n) is 1.47. The molecule has 0 saturated heterocycles. The van der Waals surface area contributed by atoms with Crippen molar-refractivity contribution in [1.82, 2.24) is 15.2 Å². The van der Waals surface area contributed by atoms with Crippen molar-refractivity contribution in [2.45, 2.75) is 39.3 Å². The smallest absolute Gasteiger partial charge is 0.126 e. The molecule has 0 bridgehead atoms. The summed E-state index contributed by atoms with van der Waals surface area (Å²) >= 11 is 0. The topological polar surface area (TPSA) is 37.4 Å². The molecule has 0 spiro atoms. The van der Waals surface area contributed by atoms with Crippen LogP contribution in [0, 0.1) is 0 Å². The molecular formula is C15H27N3O. The molecule has 1 rings (SSSR count). The van der Waals surface area contributed by atoms with Gasteiger partial charge < -0.3 is 15.0 Å². The van der Waals surface area contributed by atoms with Crippen LogP contribution >= 0.6 is 0 Å². The summed E-state index contributed by atoms with van der Waals surface area (Å²) < 4.78 is 5.97. The summed E-state index contributed by atoms with van der Waals surface area (Å²) in [5.74, 6) is 0.925. The first-order valence-electron chi connectivity index (χ1n) is 6.91. The van der Waals surface area contributed by atoms with E-state index in [1.165, 1.54) is 0 Å². The number of ether oxygens (including phenoxy) is 1. The molecule has 4 heteroatoms. The Morgan fingerprint density at radius 1 is 1.37 bits per heavy atom. The predicted octanol–water partition coefficient (Wildman–Crippen LogP) is 2.30. The lowest BCUT2D eigenvalue weighted by molar-refractivity contribution is 0.113.